The first-order valence-corrected chi connectivity index (χ1v) is 11.4. The minimum Gasteiger partial charge on any atom is -0.376 e. The first kappa shape index (κ1) is 24.9. The fourth-order valence-corrected chi connectivity index (χ4v) is 4.29. The second-order valence-corrected chi connectivity index (χ2v) is 9.36. The summed E-state index contributed by atoms with van der Waals surface area (Å²) >= 11 is 0. The van der Waals surface area contributed by atoms with Gasteiger partial charge < -0.3 is 14.8 Å². The van der Waals surface area contributed by atoms with Crippen molar-refractivity contribution >= 4 is 11.8 Å². The molecular weight excluding hydrogens is 420 g/mol. The van der Waals surface area contributed by atoms with Gasteiger partial charge in [-0.2, -0.15) is 0 Å². The van der Waals surface area contributed by atoms with Crippen LogP contribution in [0.3, 0.4) is 0 Å². The van der Waals surface area contributed by atoms with Gasteiger partial charge in [0.25, 0.3) is 11.8 Å². The molecular formula is C26H34N2O5. The molecule has 7 nitrogen and oxygen atoms in total. The molecule has 1 fully saturated rings. The molecule has 0 radical (unpaired) electrons. The van der Waals surface area contributed by atoms with Crippen molar-refractivity contribution in [2.75, 3.05) is 6.61 Å². The minimum absolute atomic E-state index is 0.250. The Labute approximate surface area is 195 Å². The van der Waals surface area contributed by atoms with E-state index in [1.807, 2.05) is 74.5 Å². The summed E-state index contributed by atoms with van der Waals surface area (Å²) in [6.07, 6.45) is 1.68. The van der Waals surface area contributed by atoms with Crippen molar-refractivity contribution in [2.45, 2.75) is 64.4 Å². The molecule has 3 rings (SSSR count). The second kappa shape index (κ2) is 11.4. The first-order chi connectivity index (χ1) is 15.9. The second-order valence-electron chi connectivity index (χ2n) is 9.36. The van der Waals surface area contributed by atoms with Crippen LogP contribution in [0.4, 0.5) is 0 Å². The lowest BCUT2D eigenvalue weighted by atomic mass is 9.85. The lowest BCUT2D eigenvalue weighted by Crippen LogP contribution is -2.60. The lowest BCUT2D eigenvalue weighted by Gasteiger charge is -2.36. The Morgan fingerprint density at radius 1 is 0.970 bits per heavy atom. The highest BCUT2D eigenvalue weighted by molar-refractivity contribution is 5.92. The van der Waals surface area contributed by atoms with E-state index in [2.05, 4.69) is 5.32 Å². The number of hydroxylamine groups is 1. The van der Waals surface area contributed by atoms with Gasteiger partial charge in [-0.1, -0.05) is 87.4 Å². The summed E-state index contributed by atoms with van der Waals surface area (Å²) < 4.78 is 12.1. The number of hydrogen-bond donors (Lipinski definition) is 3. The summed E-state index contributed by atoms with van der Waals surface area (Å²) in [6, 6.07) is 19.5. The molecule has 1 aliphatic rings. The van der Waals surface area contributed by atoms with Gasteiger partial charge in [-0.3, -0.25) is 14.8 Å². The van der Waals surface area contributed by atoms with E-state index in [-0.39, 0.29) is 19.1 Å². The SMILES string of the molecule is CC(C)(COCc1ccccc1)C(OCc1ccccc1)C(=O)NC1(C(=O)NO)CCCC1. The molecule has 1 atom stereocenters. The molecule has 0 spiro atoms. The van der Waals surface area contributed by atoms with Gasteiger partial charge in [-0.25, -0.2) is 5.48 Å². The number of ether oxygens (including phenoxy) is 2. The monoisotopic (exact) mass is 454 g/mol. The third-order valence-electron chi connectivity index (χ3n) is 6.15. The lowest BCUT2D eigenvalue weighted by molar-refractivity contribution is -0.153. The van der Waals surface area contributed by atoms with E-state index in [1.165, 1.54) is 0 Å². The summed E-state index contributed by atoms with van der Waals surface area (Å²) in [5.41, 5.74) is 1.91. The smallest absolute Gasteiger partial charge is 0.269 e. The number of amides is 2. The van der Waals surface area contributed by atoms with Crippen LogP contribution in [0.5, 0.6) is 0 Å². The molecule has 2 amide bonds. The average molecular weight is 455 g/mol. The van der Waals surface area contributed by atoms with Gasteiger partial charge in [0.2, 0.25) is 0 Å². The van der Waals surface area contributed by atoms with Crippen LogP contribution < -0.4 is 10.8 Å². The van der Waals surface area contributed by atoms with E-state index < -0.39 is 23.0 Å². The summed E-state index contributed by atoms with van der Waals surface area (Å²) in [5, 5.41) is 12.1. The topological polar surface area (TPSA) is 96.9 Å². The molecule has 178 valence electrons. The Hall–Kier alpha value is -2.74. The molecule has 0 aliphatic heterocycles. The predicted molar refractivity (Wildman–Crippen MR) is 124 cm³/mol. The van der Waals surface area contributed by atoms with Crippen LogP contribution in [-0.4, -0.2) is 35.3 Å². The van der Waals surface area contributed by atoms with Gasteiger partial charge in [0.15, 0.2) is 0 Å². The van der Waals surface area contributed by atoms with Gasteiger partial charge in [-0.05, 0) is 24.0 Å². The Morgan fingerprint density at radius 3 is 2.06 bits per heavy atom. The Kier molecular flexibility index (Phi) is 8.61. The highest BCUT2D eigenvalue weighted by Gasteiger charge is 2.46. The van der Waals surface area contributed by atoms with Gasteiger partial charge in [-0.15, -0.1) is 0 Å². The summed E-state index contributed by atoms with van der Waals surface area (Å²) in [5.74, 6) is -0.974. The molecule has 0 bridgehead atoms. The Balaban J connectivity index is 1.73. The first-order valence-electron chi connectivity index (χ1n) is 11.4. The quantitative estimate of drug-likeness (QED) is 0.355. The van der Waals surface area contributed by atoms with E-state index in [0.717, 1.165) is 24.0 Å². The van der Waals surface area contributed by atoms with Crippen LogP contribution in [-0.2, 0) is 32.3 Å². The fraction of sp³-hybridized carbons (Fsp3) is 0.462. The van der Waals surface area contributed by atoms with Crippen molar-refractivity contribution in [3.63, 3.8) is 0 Å². The number of benzene rings is 2. The standard InChI is InChI=1S/C26H34N2O5/c1-25(2,19-32-17-20-11-5-3-6-12-20)22(33-18-21-13-7-4-8-14-21)23(29)27-26(24(30)28-31)15-9-10-16-26/h3-8,11-14,22,31H,9-10,15-19H2,1-2H3,(H,27,29)(H,28,30). The normalized spacial score (nSPS) is 16.2. The maximum absolute atomic E-state index is 13.5. The molecule has 1 saturated carbocycles. The largest absolute Gasteiger partial charge is 0.376 e. The van der Waals surface area contributed by atoms with E-state index >= 15 is 0 Å². The third kappa shape index (κ3) is 6.63. The van der Waals surface area contributed by atoms with Crippen LogP contribution in [0.25, 0.3) is 0 Å². The highest BCUT2D eigenvalue weighted by atomic mass is 16.5. The van der Waals surface area contributed by atoms with Crippen molar-refractivity contribution in [3.8, 4) is 0 Å². The third-order valence-corrected chi connectivity index (χ3v) is 6.15. The Bertz CT molecular complexity index is 895. The maximum Gasteiger partial charge on any atom is 0.269 e. The van der Waals surface area contributed by atoms with Crippen LogP contribution in [0, 0.1) is 5.41 Å². The molecule has 1 aliphatic carbocycles. The zero-order valence-corrected chi connectivity index (χ0v) is 19.4. The average Bonchev–Trinajstić information content (AvgIpc) is 3.29. The Morgan fingerprint density at radius 2 is 1.52 bits per heavy atom. The van der Waals surface area contributed by atoms with Gasteiger partial charge in [0.05, 0.1) is 19.8 Å². The van der Waals surface area contributed by atoms with Crippen molar-refractivity contribution in [2.24, 2.45) is 5.41 Å². The summed E-state index contributed by atoms with van der Waals surface area (Å²) in [4.78, 5) is 25.9. The fourth-order valence-electron chi connectivity index (χ4n) is 4.29. The number of nitrogens with one attached hydrogen (secondary N) is 2. The number of carbonyl (C=O) groups is 2. The van der Waals surface area contributed by atoms with Gasteiger partial charge in [0, 0.05) is 5.41 Å². The van der Waals surface area contributed by atoms with Gasteiger partial charge in [0.1, 0.15) is 11.6 Å². The van der Waals surface area contributed by atoms with Crippen LogP contribution in [0.2, 0.25) is 0 Å². The van der Waals surface area contributed by atoms with Crippen molar-refractivity contribution in [1.82, 2.24) is 10.8 Å². The number of hydrogen-bond acceptors (Lipinski definition) is 5. The molecule has 0 saturated heterocycles. The van der Waals surface area contributed by atoms with Crippen LogP contribution >= 0.6 is 0 Å². The maximum atomic E-state index is 13.5. The molecule has 1 unspecified atom stereocenters. The van der Waals surface area contributed by atoms with E-state index in [4.69, 9.17) is 9.47 Å². The zero-order valence-electron chi connectivity index (χ0n) is 19.4. The number of rotatable bonds is 11. The molecule has 3 N–H and O–H groups in total. The summed E-state index contributed by atoms with van der Waals surface area (Å²) in [7, 11) is 0. The molecule has 0 heterocycles. The zero-order chi connectivity index (χ0) is 23.7. The van der Waals surface area contributed by atoms with Crippen molar-refractivity contribution in [3.05, 3.63) is 71.8 Å². The van der Waals surface area contributed by atoms with Crippen LogP contribution in [0.1, 0.15) is 50.7 Å². The highest BCUT2D eigenvalue weighted by Crippen LogP contribution is 2.32. The van der Waals surface area contributed by atoms with E-state index in [1.54, 1.807) is 5.48 Å². The molecule has 0 aromatic heterocycles. The van der Waals surface area contributed by atoms with E-state index in [0.29, 0.717) is 19.4 Å². The predicted octanol–water partition coefficient (Wildman–Crippen LogP) is 3.75. The molecule has 33 heavy (non-hydrogen) atoms. The van der Waals surface area contributed by atoms with Crippen molar-refractivity contribution < 1.29 is 24.3 Å². The molecule has 2 aromatic rings. The number of carbonyl (C=O) groups excluding carboxylic acids is 2. The van der Waals surface area contributed by atoms with Crippen molar-refractivity contribution in [1.29, 1.82) is 0 Å². The molecule has 7 heteroatoms. The minimum atomic E-state index is -1.12. The van der Waals surface area contributed by atoms with Crippen LogP contribution in [0.15, 0.2) is 60.7 Å². The van der Waals surface area contributed by atoms with E-state index in [9.17, 15) is 14.8 Å². The summed E-state index contributed by atoms with van der Waals surface area (Å²) in [6.45, 7) is 4.80. The molecule has 2 aromatic carbocycles. The van der Waals surface area contributed by atoms with Gasteiger partial charge >= 0.3 is 0 Å².